The smallest absolute Gasteiger partial charge is 0.338 e. The fourth-order valence-electron chi connectivity index (χ4n) is 2.97. The van der Waals surface area contributed by atoms with E-state index < -0.39 is 18.0 Å². The Labute approximate surface area is 175 Å². The van der Waals surface area contributed by atoms with Crippen molar-refractivity contribution < 1.29 is 23.9 Å². The summed E-state index contributed by atoms with van der Waals surface area (Å²) in [5.74, 6) is -0.361. The summed E-state index contributed by atoms with van der Waals surface area (Å²) in [4.78, 5) is 35.9. The van der Waals surface area contributed by atoms with E-state index in [4.69, 9.17) is 21.7 Å². The molecule has 0 radical (unpaired) electrons. The molecule has 0 aliphatic carbocycles. The third-order valence-electron chi connectivity index (χ3n) is 4.42. The van der Waals surface area contributed by atoms with Crippen molar-refractivity contribution in [1.82, 2.24) is 10.6 Å². The van der Waals surface area contributed by atoms with Crippen LogP contribution >= 0.6 is 12.2 Å². The molecule has 0 fully saturated rings. The first kappa shape index (κ1) is 22.5. The number of Topliss-reactive ketones (excluding diaryl/α,β-unsaturated/α-hetero) is 1. The van der Waals surface area contributed by atoms with Gasteiger partial charge in [0, 0.05) is 25.0 Å². The monoisotopic (exact) mass is 418 g/mol. The molecule has 1 aliphatic rings. The average molecular weight is 419 g/mol. The van der Waals surface area contributed by atoms with Crippen LogP contribution in [0.1, 0.15) is 58.1 Å². The van der Waals surface area contributed by atoms with E-state index >= 15 is 0 Å². The van der Waals surface area contributed by atoms with Crippen molar-refractivity contribution in [2.24, 2.45) is 0 Å². The first-order chi connectivity index (χ1) is 13.8. The number of nitrogens with one attached hydrogen (secondary N) is 2. The predicted octanol–water partition coefficient (Wildman–Crippen LogP) is 3.10. The van der Waals surface area contributed by atoms with Crippen LogP contribution < -0.4 is 15.4 Å². The summed E-state index contributed by atoms with van der Waals surface area (Å²) >= 11 is 5.22. The Morgan fingerprint density at radius 2 is 1.93 bits per heavy atom. The Morgan fingerprint density at radius 1 is 1.17 bits per heavy atom. The van der Waals surface area contributed by atoms with Gasteiger partial charge in [0.25, 0.3) is 0 Å². The van der Waals surface area contributed by atoms with Gasteiger partial charge in [-0.3, -0.25) is 9.59 Å². The number of ketones is 1. The van der Waals surface area contributed by atoms with E-state index in [-0.39, 0.29) is 18.8 Å². The summed E-state index contributed by atoms with van der Waals surface area (Å²) < 4.78 is 10.6. The highest BCUT2D eigenvalue weighted by molar-refractivity contribution is 7.80. The molecule has 29 heavy (non-hydrogen) atoms. The van der Waals surface area contributed by atoms with Crippen molar-refractivity contribution in [2.75, 3.05) is 6.61 Å². The van der Waals surface area contributed by atoms with Gasteiger partial charge in [0.15, 0.2) is 5.11 Å². The standard InChI is InChI=1S/C21H26N2O5S/c1-4-15(24)9-7-11-17(25)28-16-10-6-8-14(12-16)19-18(20(26)27-5-2)13(3)22-21(29)23-19/h6,8,10,12,19H,4-5,7,9,11H2,1-3H3,(H2,22,23,29). The quantitative estimate of drug-likeness (QED) is 0.359. The molecule has 0 saturated heterocycles. The lowest BCUT2D eigenvalue weighted by molar-refractivity contribution is -0.139. The molecule has 156 valence electrons. The van der Waals surface area contributed by atoms with Gasteiger partial charge in [0.05, 0.1) is 18.2 Å². The molecule has 0 saturated carbocycles. The lowest BCUT2D eigenvalue weighted by Gasteiger charge is -2.30. The number of carbonyl (C=O) groups excluding carboxylic acids is 3. The summed E-state index contributed by atoms with van der Waals surface area (Å²) in [6.45, 7) is 5.55. The SMILES string of the molecule is CCOC(=O)C1=C(C)NC(=S)NC1c1cccc(OC(=O)CCCC(=O)CC)c1. The summed E-state index contributed by atoms with van der Waals surface area (Å²) in [5, 5.41) is 6.40. The zero-order valence-corrected chi connectivity index (χ0v) is 17.7. The molecule has 1 unspecified atom stereocenters. The van der Waals surface area contributed by atoms with E-state index in [0.29, 0.717) is 47.0 Å². The van der Waals surface area contributed by atoms with E-state index in [1.807, 2.05) is 6.07 Å². The minimum absolute atomic E-state index is 0.126. The maximum Gasteiger partial charge on any atom is 0.338 e. The van der Waals surface area contributed by atoms with Crippen LogP contribution in [0.5, 0.6) is 5.75 Å². The summed E-state index contributed by atoms with van der Waals surface area (Å²) in [6, 6.07) is 6.38. The Morgan fingerprint density at radius 3 is 2.62 bits per heavy atom. The molecule has 1 atom stereocenters. The maximum absolute atomic E-state index is 12.4. The molecule has 0 amide bonds. The van der Waals surface area contributed by atoms with E-state index in [9.17, 15) is 14.4 Å². The zero-order valence-electron chi connectivity index (χ0n) is 16.9. The van der Waals surface area contributed by atoms with Crippen molar-refractivity contribution in [1.29, 1.82) is 0 Å². The highest BCUT2D eigenvalue weighted by Gasteiger charge is 2.31. The third-order valence-corrected chi connectivity index (χ3v) is 4.64. The lowest BCUT2D eigenvalue weighted by Crippen LogP contribution is -2.45. The number of carbonyl (C=O) groups is 3. The van der Waals surface area contributed by atoms with Crippen molar-refractivity contribution >= 4 is 35.1 Å². The number of ether oxygens (including phenoxy) is 2. The van der Waals surface area contributed by atoms with Crippen LogP contribution in [0.15, 0.2) is 35.5 Å². The number of thiocarbonyl (C=S) groups is 1. The van der Waals surface area contributed by atoms with Crippen LogP contribution in [0.4, 0.5) is 0 Å². The van der Waals surface area contributed by atoms with E-state index in [1.165, 1.54) is 0 Å². The second-order valence-electron chi connectivity index (χ2n) is 6.58. The first-order valence-electron chi connectivity index (χ1n) is 9.63. The van der Waals surface area contributed by atoms with Gasteiger partial charge >= 0.3 is 11.9 Å². The lowest BCUT2D eigenvalue weighted by atomic mass is 9.95. The molecule has 7 nitrogen and oxygen atoms in total. The summed E-state index contributed by atoms with van der Waals surface area (Å²) in [5.41, 5.74) is 1.74. The molecule has 0 aromatic heterocycles. The van der Waals surface area contributed by atoms with E-state index in [1.54, 1.807) is 39.0 Å². The summed E-state index contributed by atoms with van der Waals surface area (Å²) in [6.07, 6.45) is 1.47. The molecule has 1 aromatic carbocycles. The number of benzene rings is 1. The highest BCUT2D eigenvalue weighted by atomic mass is 32.1. The van der Waals surface area contributed by atoms with Gasteiger partial charge in [-0.15, -0.1) is 0 Å². The van der Waals surface area contributed by atoms with E-state index in [2.05, 4.69) is 10.6 Å². The molecule has 2 N–H and O–H groups in total. The molecular weight excluding hydrogens is 392 g/mol. The van der Waals surface area contributed by atoms with Crippen LogP contribution in [-0.4, -0.2) is 29.4 Å². The minimum Gasteiger partial charge on any atom is -0.463 e. The molecular formula is C21H26N2O5S. The number of esters is 2. The average Bonchev–Trinajstić information content (AvgIpc) is 2.67. The second kappa shape index (κ2) is 10.7. The molecule has 0 bridgehead atoms. The van der Waals surface area contributed by atoms with Crippen LogP contribution in [0, 0.1) is 0 Å². The Hall–Kier alpha value is -2.74. The normalized spacial score (nSPS) is 16.0. The molecule has 1 aromatic rings. The Bertz CT molecular complexity index is 834. The number of hydrogen-bond acceptors (Lipinski definition) is 6. The van der Waals surface area contributed by atoms with Crippen molar-refractivity contribution in [2.45, 2.75) is 52.5 Å². The topological polar surface area (TPSA) is 93.7 Å². The first-order valence-corrected chi connectivity index (χ1v) is 10.0. The van der Waals surface area contributed by atoms with Gasteiger partial charge in [0.2, 0.25) is 0 Å². The van der Waals surface area contributed by atoms with Gasteiger partial charge in [-0.1, -0.05) is 19.1 Å². The predicted molar refractivity (Wildman–Crippen MR) is 112 cm³/mol. The minimum atomic E-state index is -0.524. The largest absolute Gasteiger partial charge is 0.463 e. The number of allylic oxidation sites excluding steroid dienone is 1. The Balaban J connectivity index is 2.15. The van der Waals surface area contributed by atoms with Crippen molar-refractivity contribution in [3.8, 4) is 5.75 Å². The van der Waals surface area contributed by atoms with Gasteiger partial charge in [-0.2, -0.15) is 0 Å². The molecule has 0 spiro atoms. The zero-order chi connectivity index (χ0) is 21.4. The van der Waals surface area contributed by atoms with Gasteiger partial charge in [0.1, 0.15) is 11.5 Å². The highest BCUT2D eigenvalue weighted by Crippen LogP contribution is 2.29. The van der Waals surface area contributed by atoms with Crippen molar-refractivity contribution in [3.63, 3.8) is 0 Å². The fourth-order valence-corrected chi connectivity index (χ4v) is 3.24. The second-order valence-corrected chi connectivity index (χ2v) is 6.99. The fraction of sp³-hybridized carbons (Fsp3) is 0.429. The maximum atomic E-state index is 12.4. The van der Waals surface area contributed by atoms with Gasteiger partial charge in [-0.05, 0) is 50.2 Å². The summed E-state index contributed by atoms with van der Waals surface area (Å²) in [7, 11) is 0. The van der Waals surface area contributed by atoms with Gasteiger partial charge < -0.3 is 20.1 Å². The molecule has 2 rings (SSSR count). The van der Waals surface area contributed by atoms with Crippen LogP contribution in [0.25, 0.3) is 0 Å². The number of rotatable bonds is 9. The molecule has 1 heterocycles. The van der Waals surface area contributed by atoms with Crippen molar-refractivity contribution in [3.05, 3.63) is 41.1 Å². The van der Waals surface area contributed by atoms with Crippen LogP contribution in [0.2, 0.25) is 0 Å². The third kappa shape index (κ3) is 6.39. The van der Waals surface area contributed by atoms with E-state index in [0.717, 1.165) is 0 Å². The van der Waals surface area contributed by atoms with Crippen LogP contribution in [-0.2, 0) is 19.1 Å². The number of hydrogen-bond donors (Lipinski definition) is 2. The molecule has 8 heteroatoms. The Kier molecular flexibility index (Phi) is 8.33. The molecule has 1 aliphatic heterocycles. The van der Waals surface area contributed by atoms with Gasteiger partial charge in [-0.25, -0.2) is 4.79 Å². The van der Waals surface area contributed by atoms with Crippen LogP contribution in [0.3, 0.4) is 0 Å².